The zero-order chi connectivity index (χ0) is 12.3. The van der Waals surface area contributed by atoms with Crippen LogP contribution in [0.25, 0.3) is 0 Å². The Morgan fingerprint density at radius 3 is 2.56 bits per heavy atom. The standard InChI is InChI=1S/C13H16F2O/c1-4-5-8-13(3,16)10-7-6-9(2)11(14)12(10)15/h4,6-7,16H,1,5,8H2,2-3H3. The molecule has 1 N–H and O–H groups in total. The SMILES string of the molecule is C=CCCC(C)(O)c1ccc(C)c(F)c1F. The molecule has 0 bridgehead atoms. The maximum atomic E-state index is 13.6. The zero-order valence-electron chi connectivity index (χ0n) is 9.56. The highest BCUT2D eigenvalue weighted by atomic mass is 19.2. The molecule has 0 aliphatic carbocycles. The third kappa shape index (κ3) is 2.47. The summed E-state index contributed by atoms with van der Waals surface area (Å²) < 4.78 is 27.0. The van der Waals surface area contributed by atoms with Gasteiger partial charge in [-0.2, -0.15) is 0 Å². The van der Waals surface area contributed by atoms with Gasteiger partial charge in [0.15, 0.2) is 11.6 Å². The summed E-state index contributed by atoms with van der Waals surface area (Å²) >= 11 is 0. The lowest BCUT2D eigenvalue weighted by molar-refractivity contribution is 0.0443. The van der Waals surface area contributed by atoms with E-state index in [9.17, 15) is 13.9 Å². The predicted octanol–water partition coefficient (Wildman–Crippen LogP) is 3.45. The van der Waals surface area contributed by atoms with Crippen LogP contribution < -0.4 is 0 Å². The summed E-state index contributed by atoms with van der Waals surface area (Å²) in [5, 5.41) is 10.1. The molecule has 16 heavy (non-hydrogen) atoms. The third-order valence-corrected chi connectivity index (χ3v) is 2.69. The molecule has 0 aliphatic rings. The molecule has 0 saturated heterocycles. The van der Waals surface area contributed by atoms with Crippen molar-refractivity contribution in [3.05, 3.63) is 47.5 Å². The summed E-state index contributed by atoms with van der Waals surface area (Å²) in [6.45, 7) is 6.50. The first kappa shape index (κ1) is 12.8. The van der Waals surface area contributed by atoms with E-state index in [4.69, 9.17) is 0 Å². The molecule has 1 rings (SSSR count). The number of halogens is 2. The Morgan fingerprint density at radius 2 is 2.00 bits per heavy atom. The van der Waals surface area contributed by atoms with E-state index in [1.807, 2.05) is 0 Å². The Kier molecular flexibility index (Phi) is 3.81. The van der Waals surface area contributed by atoms with Gasteiger partial charge in [0.2, 0.25) is 0 Å². The molecule has 0 amide bonds. The van der Waals surface area contributed by atoms with Gasteiger partial charge < -0.3 is 5.11 Å². The molecule has 3 heteroatoms. The summed E-state index contributed by atoms with van der Waals surface area (Å²) in [7, 11) is 0. The van der Waals surface area contributed by atoms with Crippen LogP contribution in [0.5, 0.6) is 0 Å². The van der Waals surface area contributed by atoms with Crippen LogP contribution >= 0.6 is 0 Å². The molecular formula is C13H16F2O. The molecule has 1 unspecified atom stereocenters. The molecule has 1 atom stereocenters. The van der Waals surface area contributed by atoms with Gasteiger partial charge in [0, 0.05) is 5.56 Å². The molecule has 0 aromatic heterocycles. The summed E-state index contributed by atoms with van der Waals surface area (Å²) in [6.07, 6.45) is 2.49. The highest BCUT2D eigenvalue weighted by Gasteiger charge is 2.27. The van der Waals surface area contributed by atoms with E-state index in [0.717, 1.165) is 0 Å². The first-order valence-corrected chi connectivity index (χ1v) is 5.18. The minimum Gasteiger partial charge on any atom is -0.385 e. The highest BCUT2D eigenvalue weighted by molar-refractivity contribution is 5.29. The molecule has 0 aliphatic heterocycles. The van der Waals surface area contributed by atoms with Crippen molar-refractivity contribution in [3.63, 3.8) is 0 Å². The van der Waals surface area contributed by atoms with Crippen LogP contribution in [0.15, 0.2) is 24.8 Å². The largest absolute Gasteiger partial charge is 0.385 e. The van der Waals surface area contributed by atoms with Crippen LogP contribution in [0.1, 0.15) is 30.9 Å². The van der Waals surface area contributed by atoms with Gasteiger partial charge in [-0.15, -0.1) is 6.58 Å². The maximum absolute atomic E-state index is 13.6. The van der Waals surface area contributed by atoms with Crippen molar-refractivity contribution < 1.29 is 13.9 Å². The Balaban J connectivity index is 3.12. The number of hydrogen-bond donors (Lipinski definition) is 1. The molecular weight excluding hydrogens is 210 g/mol. The Morgan fingerprint density at radius 1 is 1.38 bits per heavy atom. The second-order valence-corrected chi connectivity index (χ2v) is 4.16. The molecule has 0 spiro atoms. The van der Waals surface area contributed by atoms with Gasteiger partial charge in [0.1, 0.15) is 0 Å². The lowest BCUT2D eigenvalue weighted by Crippen LogP contribution is -2.23. The minimum atomic E-state index is -1.37. The normalized spacial score (nSPS) is 14.6. The fourth-order valence-corrected chi connectivity index (χ4v) is 1.58. The zero-order valence-corrected chi connectivity index (χ0v) is 9.56. The van der Waals surface area contributed by atoms with Gasteiger partial charge in [0.05, 0.1) is 5.60 Å². The van der Waals surface area contributed by atoms with Crippen molar-refractivity contribution in [2.45, 2.75) is 32.3 Å². The lowest BCUT2D eigenvalue weighted by atomic mass is 9.90. The van der Waals surface area contributed by atoms with E-state index in [2.05, 4.69) is 6.58 Å². The summed E-state index contributed by atoms with van der Waals surface area (Å²) in [6, 6.07) is 2.90. The monoisotopic (exact) mass is 226 g/mol. The van der Waals surface area contributed by atoms with Crippen molar-refractivity contribution in [2.24, 2.45) is 0 Å². The smallest absolute Gasteiger partial charge is 0.165 e. The van der Waals surface area contributed by atoms with Gasteiger partial charge in [-0.05, 0) is 32.3 Å². The Labute approximate surface area is 94.4 Å². The first-order valence-electron chi connectivity index (χ1n) is 5.18. The average molecular weight is 226 g/mol. The molecule has 0 fully saturated rings. The van der Waals surface area contributed by atoms with Crippen molar-refractivity contribution in [1.29, 1.82) is 0 Å². The molecule has 1 aromatic rings. The maximum Gasteiger partial charge on any atom is 0.165 e. The van der Waals surface area contributed by atoms with Crippen LogP contribution in [0.4, 0.5) is 8.78 Å². The summed E-state index contributed by atoms with van der Waals surface area (Å²) in [5.41, 5.74) is -1.13. The van der Waals surface area contributed by atoms with Gasteiger partial charge in [0.25, 0.3) is 0 Å². The number of aryl methyl sites for hydroxylation is 1. The van der Waals surface area contributed by atoms with E-state index in [-0.39, 0.29) is 11.1 Å². The van der Waals surface area contributed by atoms with Crippen molar-refractivity contribution in [3.8, 4) is 0 Å². The van der Waals surface area contributed by atoms with Crippen molar-refractivity contribution >= 4 is 0 Å². The number of hydrogen-bond acceptors (Lipinski definition) is 1. The second-order valence-electron chi connectivity index (χ2n) is 4.16. The van der Waals surface area contributed by atoms with Crippen LogP contribution in [-0.2, 0) is 5.60 Å². The summed E-state index contributed by atoms with van der Waals surface area (Å²) in [5.74, 6) is -1.86. The topological polar surface area (TPSA) is 20.2 Å². The summed E-state index contributed by atoms with van der Waals surface area (Å²) in [4.78, 5) is 0. The van der Waals surface area contributed by atoms with Crippen LogP contribution in [0, 0.1) is 18.6 Å². The van der Waals surface area contributed by atoms with E-state index in [1.54, 1.807) is 6.08 Å². The Bertz CT molecular complexity index is 397. The van der Waals surface area contributed by atoms with E-state index in [0.29, 0.717) is 12.8 Å². The third-order valence-electron chi connectivity index (χ3n) is 2.69. The Hall–Kier alpha value is -1.22. The average Bonchev–Trinajstić information content (AvgIpc) is 2.23. The fourth-order valence-electron chi connectivity index (χ4n) is 1.58. The van der Waals surface area contributed by atoms with Gasteiger partial charge in [-0.3, -0.25) is 0 Å². The quantitative estimate of drug-likeness (QED) is 0.780. The molecule has 1 nitrogen and oxygen atoms in total. The second kappa shape index (κ2) is 4.74. The van der Waals surface area contributed by atoms with Gasteiger partial charge in [-0.25, -0.2) is 8.78 Å². The highest BCUT2D eigenvalue weighted by Crippen LogP contribution is 2.30. The van der Waals surface area contributed by atoms with Crippen molar-refractivity contribution in [1.82, 2.24) is 0 Å². The number of aliphatic hydroxyl groups is 1. The first-order chi connectivity index (χ1) is 7.40. The van der Waals surface area contributed by atoms with E-state index >= 15 is 0 Å². The molecule has 0 saturated carbocycles. The minimum absolute atomic E-state index is 0.00236. The molecule has 1 aromatic carbocycles. The van der Waals surface area contributed by atoms with E-state index < -0.39 is 17.2 Å². The van der Waals surface area contributed by atoms with Gasteiger partial charge >= 0.3 is 0 Å². The number of benzene rings is 1. The van der Waals surface area contributed by atoms with Crippen LogP contribution in [0.2, 0.25) is 0 Å². The van der Waals surface area contributed by atoms with Gasteiger partial charge in [-0.1, -0.05) is 18.2 Å². The van der Waals surface area contributed by atoms with Crippen molar-refractivity contribution in [2.75, 3.05) is 0 Å². The number of allylic oxidation sites excluding steroid dienone is 1. The fraction of sp³-hybridized carbons (Fsp3) is 0.385. The number of rotatable bonds is 4. The van der Waals surface area contributed by atoms with Crippen LogP contribution in [-0.4, -0.2) is 5.11 Å². The molecule has 88 valence electrons. The predicted molar refractivity (Wildman–Crippen MR) is 60.1 cm³/mol. The lowest BCUT2D eigenvalue weighted by Gasteiger charge is -2.24. The molecule has 0 heterocycles. The van der Waals surface area contributed by atoms with Crippen LogP contribution in [0.3, 0.4) is 0 Å². The molecule has 0 radical (unpaired) electrons. The van der Waals surface area contributed by atoms with E-state index in [1.165, 1.54) is 26.0 Å².